The normalized spacial score (nSPS) is 12.1. The van der Waals surface area contributed by atoms with Crippen LogP contribution in [0.25, 0.3) is 22.4 Å². The lowest BCUT2D eigenvalue weighted by atomic mass is 10.2. The SMILES string of the molecule is CCN(CC)S(=O)(=O)c1ccc2nc(Cn3nnc(-c4ccccc4)n3)[nH]c2c1. The highest BCUT2D eigenvalue weighted by Crippen LogP contribution is 2.21. The maximum Gasteiger partial charge on any atom is 0.243 e. The van der Waals surface area contributed by atoms with Crippen LogP contribution in [0, 0.1) is 0 Å². The van der Waals surface area contributed by atoms with Gasteiger partial charge >= 0.3 is 0 Å². The molecule has 0 aliphatic carbocycles. The number of fused-ring (bicyclic) bond motifs is 1. The number of imidazole rings is 1. The molecule has 29 heavy (non-hydrogen) atoms. The highest BCUT2D eigenvalue weighted by atomic mass is 32.2. The molecule has 0 bridgehead atoms. The molecule has 0 aliphatic rings. The third-order valence-corrected chi connectivity index (χ3v) is 6.67. The number of nitrogens with zero attached hydrogens (tertiary/aromatic N) is 6. The minimum absolute atomic E-state index is 0.245. The van der Waals surface area contributed by atoms with Crippen molar-refractivity contribution in [2.75, 3.05) is 13.1 Å². The van der Waals surface area contributed by atoms with E-state index in [0.29, 0.717) is 42.3 Å². The van der Waals surface area contributed by atoms with E-state index in [1.165, 1.54) is 9.10 Å². The van der Waals surface area contributed by atoms with E-state index < -0.39 is 10.0 Å². The zero-order chi connectivity index (χ0) is 20.4. The molecule has 4 rings (SSSR count). The number of H-pyrrole nitrogens is 1. The number of hydrogen-bond donors (Lipinski definition) is 1. The molecule has 0 fully saturated rings. The summed E-state index contributed by atoms with van der Waals surface area (Å²) in [6.45, 7) is 4.79. The first-order valence-electron chi connectivity index (χ1n) is 9.33. The van der Waals surface area contributed by atoms with Gasteiger partial charge in [-0.2, -0.15) is 9.10 Å². The number of hydrogen-bond acceptors (Lipinski definition) is 6. The average molecular weight is 411 g/mol. The van der Waals surface area contributed by atoms with E-state index in [0.717, 1.165) is 5.56 Å². The van der Waals surface area contributed by atoms with Crippen molar-refractivity contribution in [2.24, 2.45) is 0 Å². The van der Waals surface area contributed by atoms with Gasteiger partial charge in [0.05, 0.1) is 15.9 Å². The monoisotopic (exact) mass is 411 g/mol. The van der Waals surface area contributed by atoms with Crippen LogP contribution in [-0.2, 0) is 16.6 Å². The molecule has 150 valence electrons. The van der Waals surface area contributed by atoms with E-state index in [2.05, 4.69) is 25.4 Å². The predicted molar refractivity (Wildman–Crippen MR) is 109 cm³/mol. The maximum absolute atomic E-state index is 12.7. The lowest BCUT2D eigenvalue weighted by Gasteiger charge is -2.18. The number of nitrogens with one attached hydrogen (secondary N) is 1. The molecule has 9 nitrogen and oxygen atoms in total. The zero-order valence-corrected chi connectivity index (χ0v) is 17.0. The summed E-state index contributed by atoms with van der Waals surface area (Å²) in [5, 5.41) is 12.5. The first-order valence-corrected chi connectivity index (χ1v) is 10.8. The number of rotatable bonds is 7. The first kappa shape index (κ1) is 19.2. The minimum Gasteiger partial charge on any atom is -0.340 e. The van der Waals surface area contributed by atoms with Crippen LogP contribution in [-0.4, -0.2) is 56.0 Å². The predicted octanol–water partition coefficient (Wildman–Crippen LogP) is 2.30. The molecular formula is C19H21N7O2S. The highest BCUT2D eigenvalue weighted by Gasteiger charge is 2.22. The summed E-state index contributed by atoms with van der Waals surface area (Å²) in [6.07, 6.45) is 0. The van der Waals surface area contributed by atoms with Crippen molar-refractivity contribution in [1.82, 2.24) is 34.5 Å². The van der Waals surface area contributed by atoms with Crippen molar-refractivity contribution in [3.05, 3.63) is 54.4 Å². The van der Waals surface area contributed by atoms with Crippen molar-refractivity contribution in [3.8, 4) is 11.4 Å². The Morgan fingerprint density at radius 2 is 1.83 bits per heavy atom. The molecule has 4 aromatic rings. The number of sulfonamides is 1. The van der Waals surface area contributed by atoms with Crippen molar-refractivity contribution < 1.29 is 8.42 Å². The Labute approximate surface area is 168 Å². The smallest absolute Gasteiger partial charge is 0.243 e. The second kappa shape index (κ2) is 7.72. The van der Waals surface area contributed by atoms with Gasteiger partial charge in [0.15, 0.2) is 0 Å². The molecule has 0 aliphatic heterocycles. The number of tetrazole rings is 1. The number of benzene rings is 2. The molecular weight excluding hydrogens is 390 g/mol. The lowest BCUT2D eigenvalue weighted by Crippen LogP contribution is -2.30. The van der Waals surface area contributed by atoms with Crippen molar-refractivity contribution >= 4 is 21.1 Å². The molecule has 10 heteroatoms. The van der Waals surface area contributed by atoms with Crippen LogP contribution < -0.4 is 0 Å². The minimum atomic E-state index is -3.52. The van der Waals surface area contributed by atoms with Gasteiger partial charge in [-0.15, -0.1) is 10.2 Å². The van der Waals surface area contributed by atoms with Gasteiger partial charge in [-0.3, -0.25) is 0 Å². The lowest BCUT2D eigenvalue weighted by molar-refractivity contribution is 0.445. The largest absolute Gasteiger partial charge is 0.340 e. The summed E-state index contributed by atoms with van der Waals surface area (Å²) in [5.74, 6) is 1.16. The van der Waals surface area contributed by atoms with Gasteiger partial charge in [-0.05, 0) is 23.4 Å². The van der Waals surface area contributed by atoms with E-state index in [1.807, 2.05) is 44.2 Å². The Bertz CT molecular complexity index is 1230. The maximum atomic E-state index is 12.7. The molecule has 0 saturated heterocycles. The van der Waals surface area contributed by atoms with Crippen LogP contribution in [0.1, 0.15) is 19.7 Å². The highest BCUT2D eigenvalue weighted by molar-refractivity contribution is 7.89. The quantitative estimate of drug-likeness (QED) is 0.500. The number of aromatic nitrogens is 6. The summed E-state index contributed by atoms with van der Waals surface area (Å²) >= 11 is 0. The van der Waals surface area contributed by atoms with E-state index >= 15 is 0 Å². The van der Waals surface area contributed by atoms with Crippen LogP contribution in [0.4, 0.5) is 0 Å². The molecule has 0 radical (unpaired) electrons. The fraction of sp³-hybridized carbons (Fsp3) is 0.263. The van der Waals surface area contributed by atoms with E-state index in [4.69, 9.17) is 0 Å². The van der Waals surface area contributed by atoms with Crippen LogP contribution >= 0.6 is 0 Å². The number of aromatic amines is 1. The Balaban J connectivity index is 1.59. The van der Waals surface area contributed by atoms with Crippen LogP contribution in [0.2, 0.25) is 0 Å². The van der Waals surface area contributed by atoms with Gasteiger partial charge in [0.25, 0.3) is 0 Å². The standard InChI is InChI=1S/C19H21N7O2S/c1-3-25(4-2)29(27,28)15-10-11-16-17(12-15)21-18(20-16)13-26-23-19(22-24-26)14-8-6-5-7-9-14/h5-12H,3-4,13H2,1-2H3,(H,20,21). The van der Waals surface area contributed by atoms with Gasteiger partial charge in [0.1, 0.15) is 12.4 Å². The molecule has 1 N–H and O–H groups in total. The van der Waals surface area contributed by atoms with Gasteiger partial charge in [-0.1, -0.05) is 44.2 Å². The molecule has 2 heterocycles. The topological polar surface area (TPSA) is 110 Å². The summed E-state index contributed by atoms with van der Waals surface area (Å²) in [5.41, 5.74) is 2.22. The van der Waals surface area contributed by atoms with Crippen molar-refractivity contribution in [1.29, 1.82) is 0 Å². The Morgan fingerprint density at radius 1 is 1.07 bits per heavy atom. The van der Waals surface area contributed by atoms with Gasteiger partial charge < -0.3 is 4.98 Å². The summed E-state index contributed by atoms with van der Waals surface area (Å²) in [7, 11) is -3.52. The molecule has 0 atom stereocenters. The summed E-state index contributed by atoms with van der Waals surface area (Å²) < 4.78 is 26.9. The summed E-state index contributed by atoms with van der Waals surface area (Å²) in [6, 6.07) is 14.5. The molecule has 0 unspecified atom stereocenters. The average Bonchev–Trinajstić information content (AvgIpc) is 3.35. The first-order chi connectivity index (χ1) is 14.0. The molecule has 0 amide bonds. The van der Waals surface area contributed by atoms with E-state index in [9.17, 15) is 8.42 Å². The Morgan fingerprint density at radius 3 is 2.55 bits per heavy atom. The summed E-state index contributed by atoms with van der Waals surface area (Å²) in [4.78, 5) is 9.36. The van der Waals surface area contributed by atoms with Crippen molar-refractivity contribution in [2.45, 2.75) is 25.3 Å². The Kier molecular flexibility index (Phi) is 5.12. The molecule has 0 saturated carbocycles. The molecule has 0 spiro atoms. The molecule has 2 aromatic carbocycles. The fourth-order valence-corrected chi connectivity index (χ4v) is 4.62. The van der Waals surface area contributed by atoms with Gasteiger partial charge in [-0.25, -0.2) is 13.4 Å². The van der Waals surface area contributed by atoms with Crippen LogP contribution in [0.15, 0.2) is 53.4 Å². The van der Waals surface area contributed by atoms with Gasteiger partial charge in [0, 0.05) is 18.7 Å². The van der Waals surface area contributed by atoms with Crippen LogP contribution in [0.5, 0.6) is 0 Å². The Hall–Kier alpha value is -3.11. The van der Waals surface area contributed by atoms with Gasteiger partial charge in [0.2, 0.25) is 15.8 Å². The second-order valence-corrected chi connectivity index (χ2v) is 8.40. The third-order valence-electron chi connectivity index (χ3n) is 4.62. The zero-order valence-electron chi connectivity index (χ0n) is 16.1. The van der Waals surface area contributed by atoms with E-state index in [-0.39, 0.29) is 4.90 Å². The van der Waals surface area contributed by atoms with Crippen LogP contribution in [0.3, 0.4) is 0 Å². The second-order valence-electron chi connectivity index (χ2n) is 6.46. The third kappa shape index (κ3) is 3.76. The fourth-order valence-electron chi connectivity index (χ4n) is 3.14. The van der Waals surface area contributed by atoms with E-state index in [1.54, 1.807) is 18.2 Å². The molecule has 2 aromatic heterocycles. The van der Waals surface area contributed by atoms with Crippen molar-refractivity contribution in [3.63, 3.8) is 0 Å².